The van der Waals surface area contributed by atoms with Crippen LogP contribution in [0, 0.1) is 0 Å². The monoisotopic (exact) mass is 328 g/mol. The number of ketones is 1. The van der Waals surface area contributed by atoms with Crippen LogP contribution < -0.4 is 0 Å². The molecular formula is C23H20O2. The quantitative estimate of drug-likeness (QED) is 0.441. The molecule has 3 aromatic rings. The van der Waals surface area contributed by atoms with Gasteiger partial charge in [0.25, 0.3) is 0 Å². The highest BCUT2D eigenvalue weighted by Gasteiger charge is 2.08. The molecule has 0 radical (unpaired) electrons. The molecule has 2 nitrogen and oxygen atoms in total. The molecule has 0 bridgehead atoms. The third-order valence-corrected chi connectivity index (χ3v) is 3.94. The number of hydrogen-bond donors (Lipinski definition) is 0. The molecular weight excluding hydrogens is 308 g/mol. The van der Waals surface area contributed by atoms with E-state index in [-0.39, 0.29) is 5.78 Å². The van der Waals surface area contributed by atoms with Gasteiger partial charge in [0, 0.05) is 17.5 Å². The van der Waals surface area contributed by atoms with Gasteiger partial charge < -0.3 is 4.74 Å². The van der Waals surface area contributed by atoms with E-state index in [1.54, 1.807) is 0 Å². The highest BCUT2D eigenvalue weighted by Crippen LogP contribution is 2.14. The van der Waals surface area contributed by atoms with Gasteiger partial charge in [0.2, 0.25) is 0 Å². The van der Waals surface area contributed by atoms with Crippen LogP contribution in [-0.2, 0) is 17.8 Å². The van der Waals surface area contributed by atoms with Crippen molar-refractivity contribution in [1.29, 1.82) is 0 Å². The molecule has 0 atom stereocenters. The first-order chi connectivity index (χ1) is 12.2. The van der Waals surface area contributed by atoms with Gasteiger partial charge in [-0.1, -0.05) is 91.5 Å². The standard InChI is InChI=1S/C23H20O2/c1-18(25-17-20-8-4-2-5-9-20)16-19-12-14-22(15-13-19)23(24)21-10-6-3-7-11-21/h2-15H,1,16-17H2. The lowest BCUT2D eigenvalue weighted by Gasteiger charge is -2.10. The van der Waals surface area contributed by atoms with Gasteiger partial charge in [0.05, 0.1) is 5.76 Å². The van der Waals surface area contributed by atoms with Gasteiger partial charge in [-0.2, -0.15) is 0 Å². The minimum atomic E-state index is 0.0336. The maximum absolute atomic E-state index is 12.4. The van der Waals surface area contributed by atoms with Crippen LogP contribution in [0.3, 0.4) is 0 Å². The van der Waals surface area contributed by atoms with E-state index in [2.05, 4.69) is 6.58 Å². The van der Waals surface area contributed by atoms with Crippen molar-refractivity contribution in [1.82, 2.24) is 0 Å². The van der Waals surface area contributed by atoms with E-state index in [0.717, 1.165) is 11.1 Å². The Hall–Kier alpha value is -3.13. The van der Waals surface area contributed by atoms with Gasteiger partial charge in [-0.15, -0.1) is 0 Å². The van der Waals surface area contributed by atoms with Crippen LogP contribution in [0.5, 0.6) is 0 Å². The zero-order chi connectivity index (χ0) is 17.5. The Morgan fingerprint density at radius 2 is 1.28 bits per heavy atom. The van der Waals surface area contributed by atoms with Crippen molar-refractivity contribution >= 4 is 5.78 Å². The third-order valence-electron chi connectivity index (χ3n) is 3.94. The van der Waals surface area contributed by atoms with E-state index >= 15 is 0 Å². The van der Waals surface area contributed by atoms with Gasteiger partial charge >= 0.3 is 0 Å². The second-order valence-electron chi connectivity index (χ2n) is 5.88. The lowest BCUT2D eigenvalue weighted by Crippen LogP contribution is -2.01. The summed E-state index contributed by atoms with van der Waals surface area (Å²) in [5.74, 6) is 0.747. The van der Waals surface area contributed by atoms with Gasteiger partial charge in [-0.25, -0.2) is 0 Å². The number of ether oxygens (including phenoxy) is 1. The third kappa shape index (κ3) is 4.67. The smallest absolute Gasteiger partial charge is 0.193 e. The Morgan fingerprint density at radius 3 is 1.92 bits per heavy atom. The van der Waals surface area contributed by atoms with Crippen molar-refractivity contribution < 1.29 is 9.53 Å². The molecule has 3 aromatic carbocycles. The Bertz CT molecular complexity index is 834. The number of hydrogen-bond acceptors (Lipinski definition) is 2. The highest BCUT2D eigenvalue weighted by atomic mass is 16.5. The average molecular weight is 328 g/mol. The van der Waals surface area contributed by atoms with Crippen LogP contribution >= 0.6 is 0 Å². The molecule has 0 saturated heterocycles. The molecule has 0 aliphatic carbocycles. The minimum absolute atomic E-state index is 0.0336. The Balaban J connectivity index is 1.57. The predicted molar refractivity (Wildman–Crippen MR) is 100 cm³/mol. The van der Waals surface area contributed by atoms with E-state index in [9.17, 15) is 4.79 Å². The SMILES string of the molecule is C=C(Cc1ccc(C(=O)c2ccccc2)cc1)OCc1ccccc1. The fourth-order valence-electron chi connectivity index (χ4n) is 2.57. The van der Waals surface area contributed by atoms with Gasteiger partial charge in [-0.05, 0) is 11.1 Å². The summed E-state index contributed by atoms with van der Waals surface area (Å²) < 4.78 is 5.72. The summed E-state index contributed by atoms with van der Waals surface area (Å²) in [5.41, 5.74) is 3.58. The van der Waals surface area contributed by atoms with E-state index in [1.807, 2.05) is 84.9 Å². The van der Waals surface area contributed by atoms with Crippen LogP contribution in [0.2, 0.25) is 0 Å². The lowest BCUT2D eigenvalue weighted by molar-refractivity contribution is 0.103. The van der Waals surface area contributed by atoms with E-state index < -0.39 is 0 Å². The van der Waals surface area contributed by atoms with E-state index in [1.165, 1.54) is 0 Å². The van der Waals surface area contributed by atoms with Gasteiger partial charge in [0.1, 0.15) is 6.61 Å². The van der Waals surface area contributed by atoms with Crippen molar-refractivity contribution in [3.8, 4) is 0 Å². The van der Waals surface area contributed by atoms with Crippen molar-refractivity contribution in [2.75, 3.05) is 0 Å². The molecule has 0 fully saturated rings. The number of benzene rings is 3. The Morgan fingerprint density at radius 1 is 0.720 bits per heavy atom. The topological polar surface area (TPSA) is 26.3 Å². The lowest BCUT2D eigenvalue weighted by atomic mass is 10.0. The number of rotatable bonds is 7. The summed E-state index contributed by atoms with van der Waals surface area (Å²) in [6, 6.07) is 26.9. The molecule has 0 aliphatic heterocycles. The summed E-state index contributed by atoms with van der Waals surface area (Å²) in [5, 5.41) is 0. The summed E-state index contributed by atoms with van der Waals surface area (Å²) in [6.45, 7) is 4.50. The highest BCUT2D eigenvalue weighted by molar-refractivity contribution is 6.08. The fourth-order valence-corrected chi connectivity index (χ4v) is 2.57. The zero-order valence-corrected chi connectivity index (χ0v) is 14.0. The normalized spacial score (nSPS) is 10.2. The molecule has 0 N–H and O–H groups in total. The van der Waals surface area contributed by atoms with Crippen molar-refractivity contribution in [2.24, 2.45) is 0 Å². The minimum Gasteiger partial charge on any atom is -0.494 e. The van der Waals surface area contributed by atoms with Crippen LogP contribution in [0.4, 0.5) is 0 Å². The molecule has 124 valence electrons. The summed E-state index contributed by atoms with van der Waals surface area (Å²) >= 11 is 0. The molecule has 2 heteroatoms. The fraction of sp³-hybridized carbons (Fsp3) is 0.0870. The van der Waals surface area contributed by atoms with Gasteiger partial charge in [0.15, 0.2) is 5.78 Å². The summed E-state index contributed by atoms with van der Waals surface area (Å²) in [6.07, 6.45) is 0.632. The molecule has 0 spiro atoms. The first kappa shape index (κ1) is 16.7. The second kappa shape index (κ2) is 8.11. The van der Waals surface area contributed by atoms with Crippen molar-refractivity contribution in [3.05, 3.63) is 120 Å². The molecule has 0 unspecified atom stereocenters. The summed E-state index contributed by atoms with van der Waals surface area (Å²) in [7, 11) is 0. The van der Waals surface area contributed by atoms with E-state index in [4.69, 9.17) is 4.74 Å². The van der Waals surface area contributed by atoms with Crippen LogP contribution in [0.15, 0.2) is 97.3 Å². The largest absolute Gasteiger partial charge is 0.494 e. The average Bonchev–Trinajstić information content (AvgIpc) is 2.68. The maximum Gasteiger partial charge on any atom is 0.193 e. The van der Waals surface area contributed by atoms with Crippen molar-refractivity contribution in [2.45, 2.75) is 13.0 Å². The molecule has 0 aliphatic rings. The Kier molecular flexibility index (Phi) is 5.43. The number of allylic oxidation sites excluding steroid dienone is 1. The first-order valence-corrected chi connectivity index (χ1v) is 8.25. The van der Waals surface area contributed by atoms with E-state index in [0.29, 0.717) is 29.9 Å². The van der Waals surface area contributed by atoms with Gasteiger partial charge in [-0.3, -0.25) is 4.79 Å². The predicted octanol–water partition coefficient (Wildman–Crippen LogP) is 5.19. The Labute approximate surface area is 148 Å². The van der Waals surface area contributed by atoms with Crippen LogP contribution in [0.25, 0.3) is 0 Å². The number of carbonyl (C=O) groups is 1. The van der Waals surface area contributed by atoms with Crippen LogP contribution in [0.1, 0.15) is 27.0 Å². The first-order valence-electron chi connectivity index (χ1n) is 8.25. The molecule has 0 heterocycles. The van der Waals surface area contributed by atoms with Crippen LogP contribution in [-0.4, -0.2) is 5.78 Å². The maximum atomic E-state index is 12.4. The molecule has 0 amide bonds. The summed E-state index contributed by atoms with van der Waals surface area (Å²) in [4.78, 5) is 12.4. The molecule has 0 saturated carbocycles. The van der Waals surface area contributed by atoms with Crippen molar-refractivity contribution in [3.63, 3.8) is 0 Å². The molecule has 25 heavy (non-hydrogen) atoms. The second-order valence-corrected chi connectivity index (χ2v) is 5.88. The number of carbonyl (C=O) groups excluding carboxylic acids is 1. The molecule has 3 rings (SSSR count). The molecule has 0 aromatic heterocycles. The zero-order valence-electron chi connectivity index (χ0n) is 14.0.